The first-order valence-electron chi connectivity index (χ1n) is 9.62. The molecular formula is C19H29N5O6. The predicted molar refractivity (Wildman–Crippen MR) is 109 cm³/mol. The fourth-order valence-corrected chi connectivity index (χ4v) is 3.06. The Hall–Kier alpha value is -2.76. The molecule has 11 nitrogen and oxygen atoms in total. The molecule has 0 saturated carbocycles. The van der Waals surface area contributed by atoms with Crippen molar-refractivity contribution in [2.45, 2.75) is 13.1 Å². The number of carbonyl (C=O) groups excluding carboxylic acids is 2. The Morgan fingerprint density at radius 2 is 1.47 bits per heavy atom. The predicted octanol–water partition coefficient (Wildman–Crippen LogP) is -0.270. The maximum Gasteiger partial charge on any atom is 0.270 e. The van der Waals surface area contributed by atoms with E-state index < -0.39 is 4.92 Å². The van der Waals surface area contributed by atoms with Crippen molar-refractivity contribution < 1.29 is 24.0 Å². The molecule has 1 aliphatic rings. The number of fused-ring (bicyclic) bond motifs is 2. The van der Waals surface area contributed by atoms with Gasteiger partial charge in [0.15, 0.2) is 0 Å². The molecule has 0 atom stereocenters. The molecule has 1 heterocycles. The molecule has 0 saturated heterocycles. The summed E-state index contributed by atoms with van der Waals surface area (Å²) < 4.78 is 11.0. The summed E-state index contributed by atoms with van der Waals surface area (Å²) in [5.74, 6) is -0.0408. The third-order valence-corrected chi connectivity index (χ3v) is 4.66. The van der Waals surface area contributed by atoms with E-state index in [1.165, 1.54) is 19.2 Å². The Morgan fingerprint density at radius 1 is 1.00 bits per heavy atom. The van der Waals surface area contributed by atoms with Gasteiger partial charge in [-0.2, -0.15) is 0 Å². The van der Waals surface area contributed by atoms with Gasteiger partial charge in [0.05, 0.1) is 38.3 Å². The second-order valence-electron chi connectivity index (χ2n) is 7.20. The molecule has 1 aromatic rings. The largest absolute Gasteiger partial charge is 0.496 e. The maximum absolute atomic E-state index is 12.3. The number of nitro groups is 1. The number of hydrogen-bond donors (Lipinski definition) is 2. The third kappa shape index (κ3) is 7.25. The van der Waals surface area contributed by atoms with Crippen LogP contribution < -0.4 is 15.4 Å². The summed E-state index contributed by atoms with van der Waals surface area (Å²) >= 11 is 0. The molecule has 1 aliphatic heterocycles. The first-order chi connectivity index (χ1) is 14.3. The topological polar surface area (TPSA) is 126 Å². The second kappa shape index (κ2) is 11.4. The monoisotopic (exact) mass is 423 g/mol. The molecule has 0 aliphatic carbocycles. The minimum Gasteiger partial charge on any atom is -0.496 e. The number of hydrogen-bond acceptors (Lipinski definition) is 8. The van der Waals surface area contributed by atoms with E-state index in [9.17, 15) is 19.7 Å². The van der Waals surface area contributed by atoms with E-state index in [-0.39, 0.29) is 43.7 Å². The normalized spacial score (nSPS) is 18.6. The first-order valence-corrected chi connectivity index (χ1v) is 9.62. The van der Waals surface area contributed by atoms with Crippen LogP contribution >= 0.6 is 0 Å². The van der Waals surface area contributed by atoms with Gasteiger partial charge in [-0.3, -0.25) is 29.5 Å². The van der Waals surface area contributed by atoms with Crippen LogP contribution in [0.15, 0.2) is 12.1 Å². The highest BCUT2D eigenvalue weighted by Gasteiger charge is 2.19. The van der Waals surface area contributed by atoms with Crippen LogP contribution in [0.1, 0.15) is 11.1 Å². The number of carbonyl (C=O) groups is 2. The summed E-state index contributed by atoms with van der Waals surface area (Å²) in [5, 5.41) is 16.9. The molecule has 30 heavy (non-hydrogen) atoms. The van der Waals surface area contributed by atoms with E-state index in [2.05, 4.69) is 10.6 Å². The molecule has 2 rings (SSSR count). The van der Waals surface area contributed by atoms with E-state index >= 15 is 0 Å². The van der Waals surface area contributed by atoms with Crippen molar-refractivity contribution in [3.8, 4) is 5.75 Å². The second-order valence-corrected chi connectivity index (χ2v) is 7.20. The summed E-state index contributed by atoms with van der Waals surface area (Å²) in [6.45, 7) is 2.55. The number of amides is 2. The molecule has 0 fully saturated rings. The van der Waals surface area contributed by atoms with Crippen LogP contribution in [0.2, 0.25) is 0 Å². The van der Waals surface area contributed by atoms with Gasteiger partial charge in [-0.25, -0.2) is 0 Å². The number of nitrogens with zero attached hydrogens (tertiary/aromatic N) is 3. The van der Waals surface area contributed by atoms with Crippen molar-refractivity contribution >= 4 is 17.5 Å². The number of nitrogens with one attached hydrogen (secondary N) is 2. The summed E-state index contributed by atoms with van der Waals surface area (Å²) in [6, 6.07) is 2.74. The highest BCUT2D eigenvalue weighted by atomic mass is 16.6. The molecule has 2 N–H and O–H groups in total. The molecule has 166 valence electrons. The Labute approximate surface area is 175 Å². The molecular weight excluding hydrogens is 394 g/mol. The number of methoxy groups -OCH3 is 1. The van der Waals surface area contributed by atoms with E-state index in [1.54, 1.807) is 0 Å². The van der Waals surface area contributed by atoms with Crippen LogP contribution in [0.5, 0.6) is 5.75 Å². The van der Waals surface area contributed by atoms with Gasteiger partial charge in [-0.05, 0) is 14.1 Å². The summed E-state index contributed by atoms with van der Waals surface area (Å²) in [7, 11) is 5.07. The van der Waals surface area contributed by atoms with Gasteiger partial charge in [0.25, 0.3) is 5.69 Å². The maximum atomic E-state index is 12.3. The van der Waals surface area contributed by atoms with Crippen molar-refractivity contribution in [2.75, 3.05) is 60.6 Å². The van der Waals surface area contributed by atoms with Gasteiger partial charge < -0.3 is 20.1 Å². The fraction of sp³-hybridized carbons (Fsp3) is 0.579. The number of ether oxygens (including phenoxy) is 2. The van der Waals surface area contributed by atoms with E-state index in [0.717, 1.165) is 0 Å². The van der Waals surface area contributed by atoms with Gasteiger partial charge in [0.2, 0.25) is 11.8 Å². The van der Waals surface area contributed by atoms with Gasteiger partial charge in [0.1, 0.15) is 5.75 Å². The quantitative estimate of drug-likeness (QED) is 0.492. The van der Waals surface area contributed by atoms with Crippen LogP contribution in [-0.2, 0) is 27.4 Å². The number of likely N-dealkylation sites (N-methyl/N-ethyl adjacent to an activating group) is 2. The van der Waals surface area contributed by atoms with Gasteiger partial charge in [0, 0.05) is 49.4 Å². The van der Waals surface area contributed by atoms with E-state index in [4.69, 9.17) is 9.47 Å². The highest BCUT2D eigenvalue weighted by Crippen LogP contribution is 2.29. The summed E-state index contributed by atoms with van der Waals surface area (Å²) in [4.78, 5) is 39.0. The van der Waals surface area contributed by atoms with E-state index in [1.807, 2.05) is 23.9 Å². The van der Waals surface area contributed by atoms with Gasteiger partial charge >= 0.3 is 0 Å². The lowest BCUT2D eigenvalue weighted by Crippen LogP contribution is -2.38. The molecule has 2 amide bonds. The third-order valence-electron chi connectivity index (χ3n) is 4.66. The zero-order valence-corrected chi connectivity index (χ0v) is 17.6. The number of benzene rings is 1. The van der Waals surface area contributed by atoms with Crippen LogP contribution in [-0.4, -0.2) is 87.1 Å². The average molecular weight is 423 g/mol. The molecule has 0 unspecified atom stereocenters. The van der Waals surface area contributed by atoms with Crippen LogP contribution in [0.3, 0.4) is 0 Å². The Bertz CT molecular complexity index is 721. The number of rotatable bonds is 2. The van der Waals surface area contributed by atoms with Gasteiger partial charge in [-0.1, -0.05) is 0 Å². The highest BCUT2D eigenvalue weighted by molar-refractivity contribution is 5.78. The Kier molecular flexibility index (Phi) is 8.96. The standard InChI is InChI=1S/C19H29N5O6/c1-22-4-6-30-7-5-23(2)13-18(26)21-11-15-9-16(24(27)28)8-14(19(15)29-3)10-20-17(25)12-22/h8-9H,4-7,10-13H2,1-3H3,(H,20,25)(H,21,26). The molecule has 11 heteroatoms. The molecule has 0 radical (unpaired) electrons. The smallest absolute Gasteiger partial charge is 0.270 e. The summed E-state index contributed by atoms with van der Waals surface area (Å²) in [6.07, 6.45) is 0. The lowest BCUT2D eigenvalue weighted by Gasteiger charge is -2.20. The lowest BCUT2D eigenvalue weighted by atomic mass is 10.1. The fourth-order valence-electron chi connectivity index (χ4n) is 3.06. The lowest BCUT2D eigenvalue weighted by molar-refractivity contribution is -0.385. The summed E-state index contributed by atoms with van der Waals surface area (Å²) in [5.41, 5.74) is 0.798. The van der Waals surface area contributed by atoms with Crippen molar-refractivity contribution in [3.05, 3.63) is 33.4 Å². The average Bonchev–Trinajstić information content (AvgIpc) is 2.69. The first kappa shape index (κ1) is 23.5. The molecule has 1 aromatic carbocycles. The van der Waals surface area contributed by atoms with Gasteiger partial charge in [-0.15, -0.1) is 0 Å². The minimum absolute atomic E-state index is 0.0672. The van der Waals surface area contributed by atoms with Crippen LogP contribution in [0.25, 0.3) is 0 Å². The molecule has 0 aromatic heterocycles. The number of nitro benzene ring substituents is 1. The van der Waals surface area contributed by atoms with Crippen molar-refractivity contribution in [2.24, 2.45) is 0 Å². The Morgan fingerprint density at radius 3 is 1.87 bits per heavy atom. The minimum atomic E-state index is -0.510. The Balaban J connectivity index is 2.28. The SMILES string of the molecule is COc1c2cc([N+](=O)[O-])cc1CNC(=O)CN(C)CCOCCN(C)CC(=O)NC2. The van der Waals surface area contributed by atoms with Crippen LogP contribution in [0.4, 0.5) is 5.69 Å². The molecule has 0 spiro atoms. The zero-order chi connectivity index (χ0) is 22.1. The van der Waals surface area contributed by atoms with Crippen molar-refractivity contribution in [1.82, 2.24) is 20.4 Å². The van der Waals surface area contributed by atoms with Crippen LogP contribution in [0, 0.1) is 10.1 Å². The molecule has 2 bridgehead atoms. The number of non-ortho nitro benzene ring substituents is 1. The van der Waals surface area contributed by atoms with E-state index in [0.29, 0.717) is 43.2 Å². The van der Waals surface area contributed by atoms with Crippen molar-refractivity contribution in [3.63, 3.8) is 0 Å². The van der Waals surface area contributed by atoms with Crippen molar-refractivity contribution in [1.29, 1.82) is 0 Å². The zero-order valence-electron chi connectivity index (χ0n) is 17.6.